The van der Waals surface area contributed by atoms with Crippen molar-refractivity contribution in [2.24, 2.45) is 5.73 Å². The van der Waals surface area contributed by atoms with Crippen molar-refractivity contribution >= 4 is 11.9 Å². The Bertz CT molecular complexity index is 251. The van der Waals surface area contributed by atoms with E-state index < -0.39 is 5.97 Å². The van der Waals surface area contributed by atoms with Gasteiger partial charge >= 0.3 is 5.97 Å². The molecule has 0 saturated heterocycles. The van der Waals surface area contributed by atoms with Gasteiger partial charge in [-0.3, -0.25) is 15.6 Å². The van der Waals surface area contributed by atoms with E-state index >= 15 is 0 Å². The fraction of sp³-hybridized carbons (Fsp3) is 0.556. The Morgan fingerprint density at radius 3 is 2.53 bits per heavy atom. The Kier molecular flexibility index (Phi) is 6.78. The van der Waals surface area contributed by atoms with Gasteiger partial charge in [-0.05, 0) is 13.3 Å². The van der Waals surface area contributed by atoms with Gasteiger partial charge in [0, 0.05) is 6.42 Å². The van der Waals surface area contributed by atoms with Crippen molar-refractivity contribution in [2.75, 3.05) is 6.61 Å². The molecule has 0 aliphatic rings. The van der Waals surface area contributed by atoms with Crippen LogP contribution in [0.25, 0.3) is 0 Å². The molecular formula is C9H17N3O3. The zero-order valence-corrected chi connectivity index (χ0v) is 9.00. The normalized spacial score (nSPS) is 10.7. The quantitative estimate of drug-likeness (QED) is 0.323. The maximum Gasteiger partial charge on any atom is 0.334 e. The number of hydrazine groups is 1. The Morgan fingerprint density at radius 2 is 2.00 bits per heavy atom. The van der Waals surface area contributed by atoms with Crippen LogP contribution >= 0.6 is 0 Å². The summed E-state index contributed by atoms with van der Waals surface area (Å²) in [5.41, 5.74) is 10.1. The van der Waals surface area contributed by atoms with Crippen LogP contribution in [-0.4, -0.2) is 18.5 Å². The summed E-state index contributed by atoms with van der Waals surface area (Å²) in [6.07, 6.45) is 2.21. The average molecular weight is 215 g/mol. The average Bonchev–Trinajstić information content (AvgIpc) is 2.15. The molecule has 0 aliphatic carbocycles. The summed E-state index contributed by atoms with van der Waals surface area (Å²) in [6.45, 7) is 3.86. The number of carbonyl (C=O) groups is 2. The summed E-state index contributed by atoms with van der Waals surface area (Å²) in [5.74, 6) is -0.692. The van der Waals surface area contributed by atoms with E-state index in [9.17, 15) is 9.59 Å². The molecule has 0 saturated carbocycles. The van der Waals surface area contributed by atoms with Crippen molar-refractivity contribution in [3.8, 4) is 0 Å². The molecule has 0 radical (unpaired) electrons. The molecule has 0 bridgehead atoms. The number of hydrogen-bond donors (Lipinski definition) is 3. The zero-order valence-electron chi connectivity index (χ0n) is 9.00. The molecule has 1 amide bonds. The predicted molar refractivity (Wildman–Crippen MR) is 55.1 cm³/mol. The van der Waals surface area contributed by atoms with Crippen LogP contribution in [0.2, 0.25) is 0 Å². The van der Waals surface area contributed by atoms with E-state index in [-0.39, 0.29) is 18.3 Å². The Morgan fingerprint density at radius 1 is 1.33 bits per heavy atom. The molecule has 0 aliphatic heterocycles. The highest BCUT2D eigenvalue weighted by molar-refractivity contribution is 5.82. The van der Waals surface area contributed by atoms with E-state index in [1.54, 1.807) is 6.92 Å². The van der Waals surface area contributed by atoms with E-state index in [2.05, 4.69) is 15.6 Å². The smallest absolute Gasteiger partial charge is 0.334 e. The summed E-state index contributed by atoms with van der Waals surface area (Å²) in [7, 11) is 0. The second-order valence-corrected chi connectivity index (χ2v) is 2.77. The van der Waals surface area contributed by atoms with Crippen LogP contribution < -0.4 is 16.6 Å². The molecule has 6 nitrogen and oxygen atoms in total. The molecule has 0 aromatic rings. The van der Waals surface area contributed by atoms with E-state index in [0.717, 1.165) is 12.5 Å². The third kappa shape index (κ3) is 7.36. The van der Waals surface area contributed by atoms with Gasteiger partial charge in [-0.15, -0.1) is 0 Å². The summed E-state index contributed by atoms with van der Waals surface area (Å²) in [6, 6.07) is 0. The first-order chi connectivity index (χ1) is 7.10. The third-order valence-corrected chi connectivity index (χ3v) is 1.38. The minimum atomic E-state index is -0.549. The van der Waals surface area contributed by atoms with Gasteiger partial charge in [0.05, 0.1) is 12.7 Å². The molecule has 0 spiro atoms. The van der Waals surface area contributed by atoms with Gasteiger partial charge in [-0.2, -0.15) is 0 Å². The summed E-state index contributed by atoms with van der Waals surface area (Å²) >= 11 is 0. The fourth-order valence-electron chi connectivity index (χ4n) is 0.778. The zero-order chi connectivity index (χ0) is 11.7. The van der Waals surface area contributed by atoms with Crippen LogP contribution in [0.15, 0.2) is 11.9 Å². The maximum absolute atomic E-state index is 11.0. The number of amides is 1. The second-order valence-electron chi connectivity index (χ2n) is 2.77. The topological polar surface area (TPSA) is 93.5 Å². The van der Waals surface area contributed by atoms with Crippen molar-refractivity contribution in [3.05, 3.63) is 11.9 Å². The van der Waals surface area contributed by atoms with Gasteiger partial charge in [-0.1, -0.05) is 6.92 Å². The molecule has 0 unspecified atom stereocenters. The number of rotatable bonds is 6. The standard InChI is InChI=1S/C9H17N3O3/c1-3-5-8(13)12-11-7(10)6-9(14)15-4-2/h6,11H,3-5,10H2,1-2H3,(H,12,13)/b7-6-. The highest BCUT2D eigenvalue weighted by Crippen LogP contribution is 1.85. The lowest BCUT2D eigenvalue weighted by atomic mass is 10.3. The van der Waals surface area contributed by atoms with Crippen LogP contribution in [0.4, 0.5) is 0 Å². The molecule has 0 rings (SSSR count). The Balaban J connectivity index is 3.86. The van der Waals surface area contributed by atoms with Crippen LogP contribution in [0, 0.1) is 0 Å². The molecule has 0 fully saturated rings. The lowest BCUT2D eigenvalue weighted by molar-refractivity contribution is -0.137. The van der Waals surface area contributed by atoms with Crippen molar-refractivity contribution in [1.82, 2.24) is 10.9 Å². The van der Waals surface area contributed by atoms with Crippen LogP contribution in [0.3, 0.4) is 0 Å². The molecule has 0 aromatic heterocycles. The van der Waals surface area contributed by atoms with Gasteiger partial charge in [0.1, 0.15) is 5.82 Å². The maximum atomic E-state index is 11.0. The minimum absolute atomic E-state index is 0.0397. The van der Waals surface area contributed by atoms with Gasteiger partial charge in [0.25, 0.3) is 0 Å². The second kappa shape index (κ2) is 7.66. The van der Waals surface area contributed by atoms with E-state index in [0.29, 0.717) is 6.42 Å². The Labute approximate surface area is 88.8 Å². The van der Waals surface area contributed by atoms with E-state index in [1.807, 2.05) is 6.92 Å². The predicted octanol–water partition coefficient (Wildman–Crippen LogP) is -0.229. The fourth-order valence-corrected chi connectivity index (χ4v) is 0.778. The lowest BCUT2D eigenvalue weighted by Gasteiger charge is -2.07. The monoisotopic (exact) mass is 215 g/mol. The SMILES string of the molecule is CCCC(=O)NN/C(N)=C\C(=O)OCC. The number of nitrogens with one attached hydrogen (secondary N) is 2. The molecule has 6 heteroatoms. The largest absolute Gasteiger partial charge is 0.463 e. The first-order valence-corrected chi connectivity index (χ1v) is 4.78. The summed E-state index contributed by atoms with van der Waals surface area (Å²) < 4.78 is 4.62. The number of ether oxygens (including phenoxy) is 1. The first kappa shape index (κ1) is 13.3. The lowest BCUT2D eigenvalue weighted by Crippen LogP contribution is -2.39. The number of nitrogens with two attached hydrogens (primary N) is 1. The van der Waals surface area contributed by atoms with Gasteiger partial charge in [-0.25, -0.2) is 4.79 Å². The number of carbonyl (C=O) groups excluding carboxylic acids is 2. The van der Waals surface area contributed by atoms with Crippen molar-refractivity contribution in [3.63, 3.8) is 0 Å². The first-order valence-electron chi connectivity index (χ1n) is 4.78. The van der Waals surface area contributed by atoms with Gasteiger partial charge < -0.3 is 10.5 Å². The van der Waals surface area contributed by atoms with E-state index in [1.165, 1.54) is 0 Å². The third-order valence-electron chi connectivity index (χ3n) is 1.38. The molecule has 15 heavy (non-hydrogen) atoms. The van der Waals surface area contributed by atoms with Crippen molar-refractivity contribution in [1.29, 1.82) is 0 Å². The Hall–Kier alpha value is -1.72. The molecule has 0 heterocycles. The van der Waals surface area contributed by atoms with E-state index in [4.69, 9.17) is 5.73 Å². The molecular weight excluding hydrogens is 198 g/mol. The highest BCUT2D eigenvalue weighted by Gasteiger charge is 2.00. The van der Waals surface area contributed by atoms with Gasteiger partial charge in [0.2, 0.25) is 5.91 Å². The molecule has 86 valence electrons. The van der Waals surface area contributed by atoms with Crippen LogP contribution in [0.1, 0.15) is 26.7 Å². The molecule has 0 atom stereocenters. The minimum Gasteiger partial charge on any atom is -0.463 e. The van der Waals surface area contributed by atoms with Gasteiger partial charge in [0.15, 0.2) is 0 Å². The van der Waals surface area contributed by atoms with Crippen molar-refractivity contribution in [2.45, 2.75) is 26.7 Å². The van der Waals surface area contributed by atoms with Crippen LogP contribution in [-0.2, 0) is 14.3 Å². The van der Waals surface area contributed by atoms with Crippen molar-refractivity contribution < 1.29 is 14.3 Å². The molecule has 0 aromatic carbocycles. The molecule has 4 N–H and O–H groups in total. The highest BCUT2D eigenvalue weighted by atomic mass is 16.5. The van der Waals surface area contributed by atoms with Crippen LogP contribution in [0.5, 0.6) is 0 Å². The number of hydrogen-bond acceptors (Lipinski definition) is 5. The number of esters is 1. The summed E-state index contributed by atoms with van der Waals surface area (Å²) in [4.78, 5) is 21.9. The summed E-state index contributed by atoms with van der Waals surface area (Å²) in [5, 5.41) is 0.